The number of urea groups is 1. The normalized spacial score (nSPS) is 16.5. The Bertz CT molecular complexity index is 1510. The van der Waals surface area contributed by atoms with Crippen molar-refractivity contribution < 1.29 is 14.4 Å². The SMILES string of the molecule is CCON=C1C[C@@H](C(=O)Nc2ccc3c(c2)c2ccccc2n3CC)N(C(=O)Nc2cccc(C)c2)C1. The topological polar surface area (TPSA) is 88.0 Å². The van der Waals surface area contributed by atoms with E-state index in [1.165, 1.54) is 4.90 Å². The number of aryl methyl sites for hydroxylation is 2. The summed E-state index contributed by atoms with van der Waals surface area (Å²) in [5.41, 5.74) is 5.33. The summed E-state index contributed by atoms with van der Waals surface area (Å²) in [5.74, 6) is -0.264. The molecule has 4 aromatic rings. The third-order valence-electron chi connectivity index (χ3n) is 6.67. The average molecular weight is 498 g/mol. The van der Waals surface area contributed by atoms with Crippen molar-refractivity contribution in [3.05, 3.63) is 72.3 Å². The number of hydrogen-bond donors (Lipinski definition) is 2. The van der Waals surface area contributed by atoms with Gasteiger partial charge in [0.15, 0.2) is 0 Å². The summed E-state index contributed by atoms with van der Waals surface area (Å²) in [5, 5.41) is 12.3. The van der Waals surface area contributed by atoms with E-state index >= 15 is 0 Å². The minimum Gasteiger partial charge on any atom is -0.396 e. The van der Waals surface area contributed by atoms with Crippen molar-refractivity contribution in [2.45, 2.75) is 39.8 Å². The van der Waals surface area contributed by atoms with Gasteiger partial charge in [0.1, 0.15) is 12.6 Å². The molecule has 5 rings (SSSR count). The highest BCUT2D eigenvalue weighted by molar-refractivity contribution is 6.11. The van der Waals surface area contributed by atoms with Crippen LogP contribution in [0.5, 0.6) is 0 Å². The van der Waals surface area contributed by atoms with Gasteiger partial charge in [0.2, 0.25) is 5.91 Å². The van der Waals surface area contributed by atoms with Crippen LogP contribution in [0.3, 0.4) is 0 Å². The van der Waals surface area contributed by atoms with Crippen LogP contribution in [0.4, 0.5) is 16.2 Å². The molecule has 0 aliphatic carbocycles. The number of likely N-dealkylation sites (tertiary alicyclic amines) is 1. The van der Waals surface area contributed by atoms with Crippen LogP contribution in [0.2, 0.25) is 0 Å². The molecule has 2 N–H and O–H groups in total. The zero-order chi connectivity index (χ0) is 25.9. The van der Waals surface area contributed by atoms with E-state index in [4.69, 9.17) is 4.84 Å². The fourth-order valence-electron chi connectivity index (χ4n) is 4.99. The Morgan fingerprint density at radius 2 is 1.73 bits per heavy atom. The molecule has 1 fully saturated rings. The second-order valence-electron chi connectivity index (χ2n) is 9.21. The maximum atomic E-state index is 13.5. The largest absolute Gasteiger partial charge is 0.396 e. The van der Waals surface area contributed by atoms with Gasteiger partial charge in [-0.1, -0.05) is 35.5 Å². The number of aromatic nitrogens is 1. The van der Waals surface area contributed by atoms with Crippen LogP contribution < -0.4 is 10.6 Å². The summed E-state index contributed by atoms with van der Waals surface area (Å²) in [6, 6.07) is 20.7. The van der Waals surface area contributed by atoms with Crippen LogP contribution >= 0.6 is 0 Å². The van der Waals surface area contributed by atoms with Gasteiger partial charge in [-0.15, -0.1) is 0 Å². The van der Waals surface area contributed by atoms with Gasteiger partial charge < -0.3 is 24.9 Å². The van der Waals surface area contributed by atoms with Crippen molar-refractivity contribution in [3.63, 3.8) is 0 Å². The van der Waals surface area contributed by atoms with E-state index in [1.54, 1.807) is 0 Å². The molecule has 37 heavy (non-hydrogen) atoms. The number of carbonyl (C=O) groups is 2. The molecule has 1 saturated heterocycles. The van der Waals surface area contributed by atoms with Crippen molar-refractivity contribution in [2.24, 2.45) is 5.16 Å². The maximum Gasteiger partial charge on any atom is 0.322 e. The second-order valence-corrected chi connectivity index (χ2v) is 9.21. The Balaban J connectivity index is 1.41. The molecule has 8 heteroatoms. The quantitative estimate of drug-likeness (QED) is 0.332. The van der Waals surface area contributed by atoms with Gasteiger partial charge in [-0.05, 0) is 62.7 Å². The highest BCUT2D eigenvalue weighted by Crippen LogP contribution is 2.31. The number of para-hydroxylation sites is 1. The molecule has 3 aromatic carbocycles. The van der Waals surface area contributed by atoms with Crippen molar-refractivity contribution in [1.82, 2.24) is 9.47 Å². The number of fused-ring (bicyclic) bond motifs is 3. The van der Waals surface area contributed by atoms with Gasteiger partial charge in [0.25, 0.3) is 0 Å². The highest BCUT2D eigenvalue weighted by Gasteiger charge is 2.38. The van der Waals surface area contributed by atoms with E-state index in [-0.39, 0.29) is 18.5 Å². The first-order chi connectivity index (χ1) is 18.0. The monoisotopic (exact) mass is 497 g/mol. The number of oxime groups is 1. The lowest BCUT2D eigenvalue weighted by Gasteiger charge is -2.23. The van der Waals surface area contributed by atoms with Crippen molar-refractivity contribution in [1.29, 1.82) is 0 Å². The Morgan fingerprint density at radius 3 is 2.51 bits per heavy atom. The van der Waals surface area contributed by atoms with Crippen LogP contribution in [0.15, 0.2) is 71.9 Å². The summed E-state index contributed by atoms with van der Waals surface area (Å²) < 4.78 is 2.26. The lowest BCUT2D eigenvalue weighted by atomic mass is 10.1. The molecule has 2 heterocycles. The van der Waals surface area contributed by atoms with Gasteiger partial charge in [0, 0.05) is 46.1 Å². The number of nitrogens with one attached hydrogen (secondary N) is 2. The molecule has 1 atom stereocenters. The molecule has 3 amide bonds. The highest BCUT2D eigenvalue weighted by atomic mass is 16.6. The molecule has 0 spiro atoms. The van der Waals surface area contributed by atoms with Crippen molar-refractivity contribution >= 4 is 50.8 Å². The van der Waals surface area contributed by atoms with E-state index in [0.717, 1.165) is 33.9 Å². The zero-order valence-electron chi connectivity index (χ0n) is 21.3. The number of anilines is 2. The Morgan fingerprint density at radius 1 is 0.946 bits per heavy atom. The van der Waals surface area contributed by atoms with Gasteiger partial charge in [-0.2, -0.15) is 0 Å². The first kappa shape index (κ1) is 24.4. The number of carbonyl (C=O) groups excluding carboxylic acids is 2. The molecule has 0 saturated carbocycles. The first-order valence-electron chi connectivity index (χ1n) is 12.6. The molecule has 0 unspecified atom stereocenters. The minimum atomic E-state index is -0.711. The van der Waals surface area contributed by atoms with E-state index in [1.807, 2.05) is 68.4 Å². The fourth-order valence-corrected chi connectivity index (χ4v) is 4.99. The van der Waals surface area contributed by atoms with Crippen LogP contribution in [-0.4, -0.2) is 46.3 Å². The molecule has 1 aromatic heterocycles. The molecule has 190 valence electrons. The van der Waals surface area contributed by atoms with Gasteiger partial charge in [-0.3, -0.25) is 4.79 Å². The summed E-state index contributed by atoms with van der Waals surface area (Å²) in [6.45, 7) is 7.42. The third kappa shape index (κ3) is 4.87. The lowest BCUT2D eigenvalue weighted by Crippen LogP contribution is -2.45. The van der Waals surface area contributed by atoms with Gasteiger partial charge in [-0.25, -0.2) is 4.79 Å². The summed E-state index contributed by atoms with van der Waals surface area (Å²) in [6.07, 6.45) is 0.310. The van der Waals surface area contributed by atoms with Crippen LogP contribution in [0.1, 0.15) is 25.8 Å². The molecular formula is C29H31N5O3. The fraction of sp³-hybridized carbons (Fsp3) is 0.276. The van der Waals surface area contributed by atoms with Gasteiger partial charge in [0.05, 0.1) is 12.3 Å². The molecule has 8 nitrogen and oxygen atoms in total. The molecule has 1 aliphatic heterocycles. The lowest BCUT2D eigenvalue weighted by molar-refractivity contribution is -0.119. The Kier molecular flexibility index (Phi) is 6.81. The van der Waals surface area contributed by atoms with Crippen LogP contribution in [0.25, 0.3) is 21.8 Å². The predicted octanol–water partition coefficient (Wildman–Crippen LogP) is 5.76. The number of nitrogens with zero attached hydrogens (tertiary/aromatic N) is 3. The van der Waals surface area contributed by atoms with E-state index in [9.17, 15) is 9.59 Å². The molecule has 0 radical (unpaired) electrons. The molecule has 0 bridgehead atoms. The standard InChI is InChI=1S/C29H31N5O3/c1-4-33-25-12-7-6-11-23(25)24-16-21(13-14-26(24)33)30-28(35)27-17-22(32-37-5-2)18-34(27)29(36)31-20-10-8-9-19(3)15-20/h6-16,27H,4-5,17-18H2,1-3H3,(H,30,35)(H,31,36)/t27-/m0/s1. The number of amides is 3. The predicted molar refractivity (Wildman–Crippen MR) is 148 cm³/mol. The third-order valence-corrected chi connectivity index (χ3v) is 6.67. The summed E-state index contributed by atoms with van der Waals surface area (Å²) >= 11 is 0. The summed E-state index contributed by atoms with van der Waals surface area (Å²) in [4.78, 5) is 33.4. The van der Waals surface area contributed by atoms with Crippen LogP contribution in [-0.2, 0) is 16.2 Å². The Labute approximate surface area is 215 Å². The average Bonchev–Trinajstić information content (AvgIpc) is 3.47. The first-order valence-corrected chi connectivity index (χ1v) is 12.6. The maximum absolute atomic E-state index is 13.5. The number of hydrogen-bond acceptors (Lipinski definition) is 4. The second kappa shape index (κ2) is 10.3. The summed E-state index contributed by atoms with van der Waals surface area (Å²) in [7, 11) is 0. The molecule has 1 aliphatic rings. The van der Waals surface area contributed by atoms with Gasteiger partial charge >= 0.3 is 6.03 Å². The number of rotatable bonds is 6. The van der Waals surface area contributed by atoms with E-state index < -0.39 is 6.04 Å². The van der Waals surface area contributed by atoms with E-state index in [2.05, 4.69) is 39.4 Å². The van der Waals surface area contributed by atoms with Crippen molar-refractivity contribution in [2.75, 3.05) is 23.8 Å². The molecular weight excluding hydrogens is 466 g/mol. The smallest absolute Gasteiger partial charge is 0.322 e. The van der Waals surface area contributed by atoms with Crippen molar-refractivity contribution in [3.8, 4) is 0 Å². The minimum absolute atomic E-state index is 0.221. The zero-order valence-corrected chi connectivity index (χ0v) is 21.3. The van der Waals surface area contributed by atoms with Crippen LogP contribution in [0, 0.1) is 6.92 Å². The Hall–Kier alpha value is -4.33. The van der Waals surface area contributed by atoms with E-state index in [0.29, 0.717) is 30.1 Å². The number of benzene rings is 3.